The summed E-state index contributed by atoms with van der Waals surface area (Å²) in [5.74, 6) is -2.35. The molecular formula is C28H29N3O6. The minimum Gasteiger partial charge on any atom is -0.478 e. The van der Waals surface area contributed by atoms with E-state index in [2.05, 4.69) is 16.0 Å². The minimum atomic E-state index is -1.19. The number of carbonyl (C=O) groups excluding carboxylic acids is 3. The number of amides is 3. The summed E-state index contributed by atoms with van der Waals surface area (Å²) >= 11 is 0. The van der Waals surface area contributed by atoms with Crippen LogP contribution in [0.4, 0.5) is 16.2 Å². The lowest BCUT2D eigenvalue weighted by Gasteiger charge is -2.23. The summed E-state index contributed by atoms with van der Waals surface area (Å²) in [6.07, 6.45) is -0.563. The molecule has 9 heteroatoms. The first-order valence-electron chi connectivity index (χ1n) is 11.6. The number of anilines is 2. The SMILES string of the molecule is CC(C)(C)OC(=O)N[C@@H](Cc1ccccc1)C(=O)Nc1ccccc1C(=O)Nc1ccccc1C(=O)O. The van der Waals surface area contributed by atoms with Gasteiger partial charge in [0, 0.05) is 6.42 Å². The van der Waals surface area contributed by atoms with E-state index < -0.39 is 35.5 Å². The Morgan fingerprint density at radius 1 is 0.784 bits per heavy atom. The zero-order valence-electron chi connectivity index (χ0n) is 20.8. The van der Waals surface area contributed by atoms with Crippen LogP contribution in [0, 0.1) is 0 Å². The molecule has 3 amide bonds. The number of para-hydroxylation sites is 2. The number of benzene rings is 3. The molecule has 0 spiro atoms. The van der Waals surface area contributed by atoms with Crippen molar-refractivity contribution in [3.05, 3.63) is 95.6 Å². The average molecular weight is 504 g/mol. The number of aromatic carboxylic acids is 1. The molecular weight excluding hydrogens is 474 g/mol. The third-order valence-corrected chi connectivity index (χ3v) is 5.13. The van der Waals surface area contributed by atoms with Crippen molar-refractivity contribution < 1.29 is 29.0 Å². The minimum absolute atomic E-state index is 0.0677. The maximum Gasteiger partial charge on any atom is 0.408 e. The zero-order valence-corrected chi connectivity index (χ0v) is 20.8. The number of carbonyl (C=O) groups is 4. The highest BCUT2D eigenvalue weighted by atomic mass is 16.6. The lowest BCUT2D eigenvalue weighted by atomic mass is 10.0. The molecule has 0 saturated carbocycles. The van der Waals surface area contributed by atoms with Gasteiger partial charge in [-0.05, 0) is 50.6 Å². The largest absolute Gasteiger partial charge is 0.478 e. The first kappa shape index (κ1) is 26.9. The van der Waals surface area contributed by atoms with E-state index in [1.165, 1.54) is 18.2 Å². The molecule has 192 valence electrons. The van der Waals surface area contributed by atoms with Crippen LogP contribution in [0.15, 0.2) is 78.9 Å². The van der Waals surface area contributed by atoms with Gasteiger partial charge in [0.25, 0.3) is 5.91 Å². The lowest BCUT2D eigenvalue weighted by Crippen LogP contribution is -2.47. The molecule has 3 aromatic rings. The third-order valence-electron chi connectivity index (χ3n) is 5.13. The fourth-order valence-corrected chi connectivity index (χ4v) is 3.49. The highest BCUT2D eigenvalue weighted by molar-refractivity contribution is 6.12. The van der Waals surface area contributed by atoms with Crippen molar-refractivity contribution in [3.8, 4) is 0 Å². The van der Waals surface area contributed by atoms with Gasteiger partial charge in [-0.15, -0.1) is 0 Å². The second kappa shape index (κ2) is 11.9. The normalized spacial score (nSPS) is 11.6. The van der Waals surface area contributed by atoms with Crippen LogP contribution in [0.1, 0.15) is 47.1 Å². The summed E-state index contributed by atoms with van der Waals surface area (Å²) in [4.78, 5) is 50.3. The molecule has 0 bridgehead atoms. The van der Waals surface area contributed by atoms with Crippen molar-refractivity contribution in [3.63, 3.8) is 0 Å². The van der Waals surface area contributed by atoms with Crippen molar-refractivity contribution in [2.24, 2.45) is 0 Å². The van der Waals surface area contributed by atoms with Crippen molar-refractivity contribution in [2.45, 2.75) is 38.8 Å². The first-order chi connectivity index (χ1) is 17.5. The molecule has 37 heavy (non-hydrogen) atoms. The number of hydrogen-bond donors (Lipinski definition) is 4. The van der Waals surface area contributed by atoms with Crippen LogP contribution in [0.2, 0.25) is 0 Å². The maximum absolute atomic E-state index is 13.3. The molecule has 9 nitrogen and oxygen atoms in total. The molecule has 0 aliphatic heterocycles. The number of ether oxygens (including phenoxy) is 1. The molecule has 4 N–H and O–H groups in total. The van der Waals surface area contributed by atoms with Gasteiger partial charge in [-0.2, -0.15) is 0 Å². The fraction of sp³-hybridized carbons (Fsp3) is 0.214. The van der Waals surface area contributed by atoms with Crippen molar-refractivity contribution >= 4 is 35.3 Å². The van der Waals surface area contributed by atoms with Gasteiger partial charge < -0.3 is 25.8 Å². The molecule has 0 unspecified atom stereocenters. The van der Waals surface area contributed by atoms with E-state index in [0.29, 0.717) is 0 Å². The Bertz CT molecular complexity index is 1280. The van der Waals surface area contributed by atoms with Crippen LogP contribution < -0.4 is 16.0 Å². The van der Waals surface area contributed by atoms with E-state index in [1.807, 2.05) is 30.3 Å². The first-order valence-corrected chi connectivity index (χ1v) is 11.6. The fourth-order valence-electron chi connectivity index (χ4n) is 3.49. The second-order valence-electron chi connectivity index (χ2n) is 9.23. The number of rotatable bonds is 8. The van der Waals surface area contributed by atoms with E-state index in [1.54, 1.807) is 51.1 Å². The van der Waals surface area contributed by atoms with Crippen molar-refractivity contribution in [1.82, 2.24) is 5.32 Å². The van der Waals surface area contributed by atoms with Crippen LogP contribution >= 0.6 is 0 Å². The van der Waals surface area contributed by atoms with Crippen LogP contribution in [0.5, 0.6) is 0 Å². The van der Waals surface area contributed by atoms with E-state index in [9.17, 15) is 24.3 Å². The van der Waals surface area contributed by atoms with E-state index >= 15 is 0 Å². The third kappa shape index (κ3) is 7.93. The summed E-state index contributed by atoms with van der Waals surface area (Å²) < 4.78 is 5.32. The molecule has 0 saturated heterocycles. The predicted molar refractivity (Wildman–Crippen MR) is 140 cm³/mol. The van der Waals surface area contributed by atoms with Gasteiger partial charge in [-0.3, -0.25) is 9.59 Å². The molecule has 0 aliphatic rings. The second-order valence-corrected chi connectivity index (χ2v) is 9.23. The Kier molecular flexibility index (Phi) is 8.63. The van der Waals surface area contributed by atoms with Gasteiger partial charge in [-0.25, -0.2) is 9.59 Å². The summed E-state index contributed by atoms with van der Waals surface area (Å²) in [7, 11) is 0. The van der Waals surface area contributed by atoms with Gasteiger partial charge >= 0.3 is 12.1 Å². The Hall–Kier alpha value is -4.66. The smallest absolute Gasteiger partial charge is 0.408 e. The highest BCUT2D eigenvalue weighted by Crippen LogP contribution is 2.21. The van der Waals surface area contributed by atoms with Gasteiger partial charge in [-0.1, -0.05) is 54.6 Å². The van der Waals surface area contributed by atoms with Crippen molar-refractivity contribution in [1.29, 1.82) is 0 Å². The van der Waals surface area contributed by atoms with Crippen LogP contribution in [-0.2, 0) is 16.0 Å². The zero-order chi connectivity index (χ0) is 27.0. The van der Waals surface area contributed by atoms with Gasteiger partial charge in [0.1, 0.15) is 11.6 Å². The predicted octanol–water partition coefficient (Wildman–Crippen LogP) is 4.71. The van der Waals surface area contributed by atoms with E-state index in [0.717, 1.165) is 5.56 Å². The average Bonchev–Trinajstić information content (AvgIpc) is 2.83. The lowest BCUT2D eigenvalue weighted by molar-refractivity contribution is -0.118. The van der Waals surface area contributed by atoms with Gasteiger partial charge in [0.05, 0.1) is 22.5 Å². The highest BCUT2D eigenvalue weighted by Gasteiger charge is 2.26. The van der Waals surface area contributed by atoms with E-state index in [4.69, 9.17) is 4.74 Å². The Balaban J connectivity index is 1.82. The Morgan fingerprint density at radius 2 is 1.32 bits per heavy atom. The van der Waals surface area contributed by atoms with E-state index in [-0.39, 0.29) is 28.9 Å². The molecule has 3 aromatic carbocycles. The molecule has 0 radical (unpaired) electrons. The van der Waals surface area contributed by atoms with Crippen molar-refractivity contribution in [2.75, 3.05) is 10.6 Å². The standard InChI is InChI=1S/C28H29N3O6/c1-28(2,3)37-27(36)31-23(17-18-11-5-4-6-12-18)25(33)30-21-15-9-7-13-19(21)24(32)29-22-16-10-8-14-20(22)26(34)35/h4-16,23H,17H2,1-3H3,(H,29,32)(H,30,33)(H,31,36)(H,34,35)/t23-/m0/s1. The summed E-state index contributed by atoms with van der Waals surface area (Å²) in [6.45, 7) is 5.16. The Morgan fingerprint density at radius 3 is 1.92 bits per heavy atom. The number of hydrogen-bond acceptors (Lipinski definition) is 5. The number of alkyl carbamates (subject to hydrolysis) is 1. The molecule has 0 heterocycles. The number of nitrogens with one attached hydrogen (secondary N) is 3. The number of carboxylic acids is 1. The molecule has 0 aromatic heterocycles. The molecule has 0 fully saturated rings. The monoisotopic (exact) mass is 503 g/mol. The summed E-state index contributed by atoms with van der Waals surface area (Å²) in [5, 5.41) is 17.3. The molecule has 3 rings (SSSR count). The summed E-state index contributed by atoms with van der Waals surface area (Å²) in [5.41, 5.74) is 0.426. The van der Waals surface area contributed by atoms with Crippen LogP contribution in [0.25, 0.3) is 0 Å². The topological polar surface area (TPSA) is 134 Å². The van der Waals surface area contributed by atoms with Gasteiger partial charge in [0.15, 0.2) is 0 Å². The molecule has 1 atom stereocenters. The molecule has 0 aliphatic carbocycles. The maximum atomic E-state index is 13.3. The van der Waals surface area contributed by atoms with Crippen LogP contribution in [-0.4, -0.2) is 40.6 Å². The van der Waals surface area contributed by atoms with Crippen LogP contribution in [0.3, 0.4) is 0 Å². The quantitative estimate of drug-likeness (QED) is 0.352. The Labute approximate surface area is 214 Å². The van der Waals surface area contributed by atoms with Gasteiger partial charge in [0.2, 0.25) is 5.91 Å². The number of carboxylic acid groups (broad SMARTS) is 1. The summed E-state index contributed by atoms with van der Waals surface area (Å²) in [6, 6.07) is 20.5.